The van der Waals surface area contributed by atoms with Crippen molar-refractivity contribution in [1.29, 1.82) is 0 Å². The maximum Gasteiger partial charge on any atom is 0.244 e. The number of hydrogen-bond acceptors (Lipinski definition) is 5. The highest BCUT2D eigenvalue weighted by Gasteiger charge is 2.17. The molecule has 0 aliphatic heterocycles. The number of amides is 1. The Morgan fingerprint density at radius 2 is 1.57 bits per heavy atom. The zero-order chi connectivity index (χ0) is 21.3. The largest absolute Gasteiger partial charge is 0.496 e. The molecule has 0 saturated heterocycles. The Labute approximate surface area is 176 Å². The van der Waals surface area contributed by atoms with E-state index in [1.165, 1.54) is 6.08 Å². The van der Waals surface area contributed by atoms with Crippen LogP contribution in [-0.2, 0) is 4.79 Å². The van der Waals surface area contributed by atoms with Crippen LogP contribution in [0.25, 0.3) is 6.08 Å². The van der Waals surface area contributed by atoms with Gasteiger partial charge >= 0.3 is 0 Å². The van der Waals surface area contributed by atoms with Gasteiger partial charge in [0.25, 0.3) is 0 Å². The lowest BCUT2D eigenvalue weighted by atomic mass is 10.0. The second kappa shape index (κ2) is 10.1. The molecule has 1 aromatic heterocycles. The highest BCUT2D eigenvalue weighted by molar-refractivity contribution is 5.92. The number of aromatic nitrogens is 1. The van der Waals surface area contributed by atoms with Crippen molar-refractivity contribution in [1.82, 2.24) is 10.3 Å². The number of nitrogens with one attached hydrogen (secondary N) is 1. The van der Waals surface area contributed by atoms with Gasteiger partial charge in [-0.15, -0.1) is 0 Å². The first-order valence-corrected chi connectivity index (χ1v) is 9.40. The van der Waals surface area contributed by atoms with Crippen LogP contribution >= 0.6 is 0 Å². The summed E-state index contributed by atoms with van der Waals surface area (Å²) in [4.78, 5) is 17.1. The SMILES string of the molecule is COc1cc(OC)c(OC)cc1/C=C/C(=O)NC(c1ccccc1)c1ccccn1. The number of nitrogens with zero attached hydrogens (tertiary/aromatic N) is 1. The standard InChI is InChI=1S/C24H24N2O4/c1-28-20-16-22(30-3)21(29-2)15-18(20)12-13-23(27)26-24(17-9-5-4-6-10-17)19-11-7-8-14-25-19/h4-16,24H,1-3H3,(H,26,27)/b13-12+. The molecule has 0 aliphatic carbocycles. The molecule has 6 nitrogen and oxygen atoms in total. The molecule has 0 saturated carbocycles. The van der Waals surface area contributed by atoms with Gasteiger partial charge in [-0.3, -0.25) is 9.78 Å². The van der Waals surface area contributed by atoms with E-state index in [1.54, 1.807) is 45.7 Å². The Bertz CT molecular complexity index is 965. The van der Waals surface area contributed by atoms with Crippen molar-refractivity contribution in [2.45, 2.75) is 6.04 Å². The molecule has 0 radical (unpaired) electrons. The molecule has 2 aromatic carbocycles. The maximum absolute atomic E-state index is 12.7. The molecule has 1 heterocycles. The summed E-state index contributed by atoms with van der Waals surface area (Å²) < 4.78 is 16.0. The van der Waals surface area contributed by atoms with Crippen molar-refractivity contribution < 1.29 is 19.0 Å². The number of ether oxygens (including phenoxy) is 3. The Morgan fingerprint density at radius 3 is 2.20 bits per heavy atom. The van der Waals surface area contributed by atoms with Crippen LogP contribution in [0, 0.1) is 0 Å². The summed E-state index contributed by atoms with van der Waals surface area (Å²) in [5, 5.41) is 3.02. The summed E-state index contributed by atoms with van der Waals surface area (Å²) in [6, 6.07) is 18.5. The van der Waals surface area contributed by atoms with Crippen LogP contribution in [0.4, 0.5) is 0 Å². The van der Waals surface area contributed by atoms with Crippen molar-refractivity contribution in [3.8, 4) is 17.2 Å². The molecule has 30 heavy (non-hydrogen) atoms. The average Bonchev–Trinajstić information content (AvgIpc) is 2.81. The first-order valence-electron chi connectivity index (χ1n) is 9.40. The summed E-state index contributed by atoms with van der Waals surface area (Å²) in [5.41, 5.74) is 2.40. The summed E-state index contributed by atoms with van der Waals surface area (Å²) in [6.07, 6.45) is 4.85. The van der Waals surface area contributed by atoms with E-state index >= 15 is 0 Å². The normalized spacial score (nSPS) is 11.7. The zero-order valence-electron chi connectivity index (χ0n) is 17.2. The molecule has 0 bridgehead atoms. The van der Waals surface area contributed by atoms with E-state index in [0.717, 1.165) is 11.3 Å². The van der Waals surface area contributed by atoms with Gasteiger partial charge in [0.05, 0.1) is 33.1 Å². The molecule has 0 fully saturated rings. The molecule has 6 heteroatoms. The van der Waals surface area contributed by atoms with E-state index in [9.17, 15) is 4.79 Å². The number of carbonyl (C=O) groups is 1. The van der Waals surface area contributed by atoms with Crippen molar-refractivity contribution in [2.24, 2.45) is 0 Å². The minimum absolute atomic E-state index is 0.258. The lowest BCUT2D eigenvalue weighted by Crippen LogP contribution is -2.28. The molecule has 1 N–H and O–H groups in total. The van der Waals surface area contributed by atoms with Crippen molar-refractivity contribution in [3.63, 3.8) is 0 Å². The summed E-state index contributed by atoms with van der Waals surface area (Å²) >= 11 is 0. The zero-order valence-corrected chi connectivity index (χ0v) is 17.2. The van der Waals surface area contributed by atoms with Crippen LogP contribution in [-0.4, -0.2) is 32.2 Å². The molecule has 1 atom stereocenters. The van der Waals surface area contributed by atoms with E-state index in [4.69, 9.17) is 14.2 Å². The number of benzene rings is 2. The van der Waals surface area contributed by atoms with Crippen LogP contribution in [0.5, 0.6) is 17.2 Å². The molecule has 0 aliphatic rings. The topological polar surface area (TPSA) is 69.7 Å². The second-order valence-corrected chi connectivity index (χ2v) is 6.39. The van der Waals surface area contributed by atoms with Gasteiger partial charge < -0.3 is 19.5 Å². The van der Waals surface area contributed by atoms with Gasteiger partial charge in [0, 0.05) is 23.9 Å². The fourth-order valence-electron chi connectivity index (χ4n) is 3.06. The molecular formula is C24H24N2O4. The predicted molar refractivity (Wildman–Crippen MR) is 116 cm³/mol. The fraction of sp³-hybridized carbons (Fsp3) is 0.167. The van der Waals surface area contributed by atoms with Gasteiger partial charge in [-0.05, 0) is 29.8 Å². The Morgan fingerprint density at radius 1 is 0.900 bits per heavy atom. The third kappa shape index (κ3) is 4.97. The molecule has 3 aromatic rings. The van der Waals surface area contributed by atoms with Gasteiger partial charge in [-0.1, -0.05) is 36.4 Å². The summed E-state index contributed by atoms with van der Waals surface area (Å²) in [5.74, 6) is 1.41. The molecule has 154 valence electrons. The van der Waals surface area contributed by atoms with Gasteiger partial charge in [0.1, 0.15) is 5.75 Å². The highest BCUT2D eigenvalue weighted by Crippen LogP contribution is 2.35. The van der Waals surface area contributed by atoms with Gasteiger partial charge in [0.2, 0.25) is 5.91 Å². The minimum Gasteiger partial charge on any atom is -0.496 e. The monoisotopic (exact) mass is 404 g/mol. The Balaban J connectivity index is 1.85. The van der Waals surface area contributed by atoms with Crippen molar-refractivity contribution in [2.75, 3.05) is 21.3 Å². The molecule has 0 spiro atoms. The summed E-state index contributed by atoms with van der Waals surface area (Å²) in [7, 11) is 4.68. The quantitative estimate of drug-likeness (QED) is 0.574. The Hall–Kier alpha value is -3.80. The lowest BCUT2D eigenvalue weighted by molar-refractivity contribution is -0.116. The lowest BCUT2D eigenvalue weighted by Gasteiger charge is -2.18. The van der Waals surface area contributed by atoms with E-state index in [-0.39, 0.29) is 11.9 Å². The Kier molecular flexibility index (Phi) is 7.05. The minimum atomic E-state index is -0.364. The fourth-order valence-corrected chi connectivity index (χ4v) is 3.06. The number of pyridine rings is 1. The predicted octanol–water partition coefficient (Wildman–Crippen LogP) is 4.03. The maximum atomic E-state index is 12.7. The van der Waals surface area contributed by atoms with Crippen LogP contribution in [0.3, 0.4) is 0 Å². The smallest absolute Gasteiger partial charge is 0.244 e. The second-order valence-electron chi connectivity index (χ2n) is 6.39. The van der Waals surface area contributed by atoms with Crippen LogP contribution in [0.1, 0.15) is 22.9 Å². The van der Waals surface area contributed by atoms with Crippen LogP contribution in [0.2, 0.25) is 0 Å². The van der Waals surface area contributed by atoms with E-state index in [1.807, 2.05) is 48.5 Å². The van der Waals surface area contributed by atoms with Crippen molar-refractivity contribution in [3.05, 3.63) is 89.8 Å². The van der Waals surface area contributed by atoms with E-state index < -0.39 is 0 Å². The summed E-state index contributed by atoms with van der Waals surface area (Å²) in [6.45, 7) is 0. The third-order valence-corrected chi connectivity index (χ3v) is 4.55. The highest BCUT2D eigenvalue weighted by atomic mass is 16.5. The number of methoxy groups -OCH3 is 3. The number of carbonyl (C=O) groups excluding carboxylic acids is 1. The first kappa shape index (κ1) is 20.9. The van der Waals surface area contributed by atoms with Gasteiger partial charge in [-0.2, -0.15) is 0 Å². The number of hydrogen-bond donors (Lipinski definition) is 1. The average molecular weight is 404 g/mol. The van der Waals surface area contributed by atoms with E-state index in [0.29, 0.717) is 22.8 Å². The van der Waals surface area contributed by atoms with Crippen LogP contribution < -0.4 is 19.5 Å². The molecule has 1 unspecified atom stereocenters. The van der Waals surface area contributed by atoms with Crippen LogP contribution in [0.15, 0.2) is 72.9 Å². The first-order chi connectivity index (χ1) is 14.7. The molecule has 3 rings (SSSR count). The number of rotatable bonds is 8. The van der Waals surface area contributed by atoms with Crippen molar-refractivity contribution >= 4 is 12.0 Å². The molecule has 1 amide bonds. The molecular weight excluding hydrogens is 380 g/mol. The third-order valence-electron chi connectivity index (χ3n) is 4.55. The van der Waals surface area contributed by atoms with Gasteiger partial charge in [-0.25, -0.2) is 0 Å². The van der Waals surface area contributed by atoms with E-state index in [2.05, 4.69) is 10.3 Å². The van der Waals surface area contributed by atoms with Gasteiger partial charge in [0.15, 0.2) is 11.5 Å².